The molecule has 1 aromatic rings. The average molecular weight is 251 g/mol. The summed E-state index contributed by atoms with van der Waals surface area (Å²) in [6, 6.07) is 4.77. The van der Waals surface area contributed by atoms with Gasteiger partial charge in [-0.1, -0.05) is 0 Å². The predicted octanol–water partition coefficient (Wildman–Crippen LogP) is 1.06. The Morgan fingerprint density at radius 3 is 2.28 bits per heavy atom. The second-order valence-electron chi connectivity index (χ2n) is 3.72. The van der Waals surface area contributed by atoms with E-state index < -0.39 is 11.0 Å². The number of carbonyl (C=O) groups excluding carboxylic acids is 2. The van der Waals surface area contributed by atoms with Crippen LogP contribution in [0.5, 0.6) is 0 Å². The minimum absolute atomic E-state index is 0.0529. The first-order chi connectivity index (χ1) is 8.40. The molecule has 0 aromatic heterocycles. The molecule has 2 N–H and O–H groups in total. The number of carbonyl (C=O) groups is 2. The Kier molecular flexibility index (Phi) is 4.36. The van der Waals surface area contributed by atoms with Crippen LogP contribution < -0.4 is 10.6 Å². The molecular formula is C11H13N3O4. The number of rotatable bonds is 4. The van der Waals surface area contributed by atoms with E-state index in [0.717, 1.165) is 0 Å². The first-order valence-electron chi connectivity index (χ1n) is 5.22. The number of amides is 2. The van der Waals surface area contributed by atoms with E-state index in [4.69, 9.17) is 0 Å². The van der Waals surface area contributed by atoms with Crippen molar-refractivity contribution in [1.82, 2.24) is 5.32 Å². The summed E-state index contributed by atoms with van der Waals surface area (Å²) in [5.74, 6) is -0.694. The van der Waals surface area contributed by atoms with E-state index in [0.29, 0.717) is 5.69 Å². The Bertz CT molecular complexity index is 470. The summed E-state index contributed by atoms with van der Waals surface area (Å²) in [7, 11) is 0. The van der Waals surface area contributed by atoms with Gasteiger partial charge in [0.1, 0.15) is 6.04 Å². The maximum absolute atomic E-state index is 11.6. The van der Waals surface area contributed by atoms with Crippen LogP contribution in [0.3, 0.4) is 0 Å². The van der Waals surface area contributed by atoms with Crippen LogP contribution in [0.2, 0.25) is 0 Å². The maximum atomic E-state index is 11.6. The van der Waals surface area contributed by atoms with E-state index in [9.17, 15) is 19.7 Å². The number of nitro groups is 1. The minimum Gasteiger partial charge on any atom is -0.345 e. The highest BCUT2D eigenvalue weighted by atomic mass is 16.6. The molecule has 18 heavy (non-hydrogen) atoms. The number of hydrogen-bond acceptors (Lipinski definition) is 4. The second-order valence-corrected chi connectivity index (χ2v) is 3.72. The van der Waals surface area contributed by atoms with Crippen molar-refractivity contribution in [2.45, 2.75) is 19.9 Å². The van der Waals surface area contributed by atoms with Crippen molar-refractivity contribution < 1.29 is 14.5 Å². The predicted molar refractivity (Wildman–Crippen MR) is 65.0 cm³/mol. The van der Waals surface area contributed by atoms with Gasteiger partial charge in [0.05, 0.1) is 4.92 Å². The standard InChI is InChI=1S/C11H13N3O4/c1-7(12-8(2)15)11(16)13-9-3-5-10(6-4-9)14(17)18/h3-7H,1-2H3,(H,12,15)(H,13,16). The largest absolute Gasteiger partial charge is 0.345 e. The number of nitro benzene ring substituents is 1. The summed E-state index contributed by atoms with van der Waals surface area (Å²) >= 11 is 0. The van der Waals surface area contributed by atoms with Gasteiger partial charge < -0.3 is 10.6 Å². The smallest absolute Gasteiger partial charge is 0.269 e. The molecule has 1 unspecified atom stereocenters. The fraction of sp³-hybridized carbons (Fsp3) is 0.273. The number of anilines is 1. The summed E-state index contributed by atoms with van der Waals surface area (Å²) in [4.78, 5) is 32.3. The SMILES string of the molecule is CC(=O)NC(C)C(=O)Nc1ccc([N+](=O)[O-])cc1. The number of benzene rings is 1. The lowest BCUT2D eigenvalue weighted by molar-refractivity contribution is -0.384. The van der Waals surface area contributed by atoms with Gasteiger partial charge in [0.25, 0.3) is 5.69 Å². The van der Waals surface area contributed by atoms with Crippen LogP contribution in [0.4, 0.5) is 11.4 Å². The topological polar surface area (TPSA) is 101 Å². The summed E-state index contributed by atoms with van der Waals surface area (Å²) in [6.45, 7) is 2.86. The molecule has 1 rings (SSSR count). The van der Waals surface area contributed by atoms with E-state index in [-0.39, 0.29) is 17.5 Å². The molecule has 0 bridgehead atoms. The molecule has 0 aliphatic rings. The fourth-order valence-corrected chi connectivity index (χ4v) is 1.29. The van der Waals surface area contributed by atoms with Gasteiger partial charge in [-0.2, -0.15) is 0 Å². The zero-order valence-corrected chi connectivity index (χ0v) is 9.97. The molecule has 0 heterocycles. The van der Waals surface area contributed by atoms with Gasteiger partial charge in [-0.15, -0.1) is 0 Å². The maximum Gasteiger partial charge on any atom is 0.269 e. The monoisotopic (exact) mass is 251 g/mol. The van der Waals surface area contributed by atoms with Gasteiger partial charge in [0.2, 0.25) is 11.8 Å². The average Bonchev–Trinajstić information content (AvgIpc) is 2.28. The molecule has 96 valence electrons. The first-order valence-corrected chi connectivity index (χ1v) is 5.22. The second kappa shape index (κ2) is 5.76. The van der Waals surface area contributed by atoms with Crippen molar-refractivity contribution in [2.24, 2.45) is 0 Å². The Balaban J connectivity index is 2.64. The Labute approximate surface area is 103 Å². The van der Waals surface area contributed by atoms with Gasteiger partial charge in [-0.05, 0) is 19.1 Å². The summed E-state index contributed by atoms with van der Waals surface area (Å²) in [5.41, 5.74) is 0.380. The van der Waals surface area contributed by atoms with Crippen LogP contribution >= 0.6 is 0 Å². The lowest BCUT2D eigenvalue weighted by Gasteiger charge is -2.12. The van der Waals surface area contributed by atoms with Crippen LogP contribution in [0.25, 0.3) is 0 Å². The van der Waals surface area contributed by atoms with Gasteiger partial charge >= 0.3 is 0 Å². The Morgan fingerprint density at radius 1 is 1.28 bits per heavy atom. The van der Waals surface area contributed by atoms with Gasteiger partial charge in [0.15, 0.2) is 0 Å². The summed E-state index contributed by atoms with van der Waals surface area (Å²) in [6.07, 6.45) is 0. The third-order valence-corrected chi connectivity index (χ3v) is 2.16. The van der Waals surface area contributed by atoms with Crippen molar-refractivity contribution in [3.8, 4) is 0 Å². The molecule has 7 heteroatoms. The number of nitrogens with zero attached hydrogens (tertiary/aromatic N) is 1. The number of non-ortho nitro benzene ring substituents is 1. The highest BCUT2D eigenvalue weighted by Gasteiger charge is 2.14. The molecule has 0 saturated heterocycles. The van der Waals surface area contributed by atoms with Gasteiger partial charge in [-0.3, -0.25) is 19.7 Å². The molecule has 0 aliphatic heterocycles. The summed E-state index contributed by atoms with van der Waals surface area (Å²) in [5, 5.41) is 15.4. The molecule has 1 atom stereocenters. The van der Waals surface area contributed by atoms with Crippen molar-refractivity contribution >= 4 is 23.2 Å². The summed E-state index contributed by atoms with van der Waals surface area (Å²) < 4.78 is 0. The minimum atomic E-state index is -0.669. The quantitative estimate of drug-likeness (QED) is 0.617. The molecule has 0 saturated carbocycles. The molecule has 7 nitrogen and oxygen atoms in total. The lowest BCUT2D eigenvalue weighted by atomic mass is 10.2. The number of hydrogen-bond donors (Lipinski definition) is 2. The van der Waals surface area contributed by atoms with Crippen LogP contribution in [-0.2, 0) is 9.59 Å². The van der Waals surface area contributed by atoms with Crippen molar-refractivity contribution in [2.75, 3.05) is 5.32 Å². The van der Waals surface area contributed by atoms with Crippen molar-refractivity contribution in [3.63, 3.8) is 0 Å². The zero-order valence-electron chi connectivity index (χ0n) is 9.97. The highest BCUT2D eigenvalue weighted by Crippen LogP contribution is 2.15. The van der Waals surface area contributed by atoms with E-state index in [1.165, 1.54) is 31.2 Å². The number of nitrogens with one attached hydrogen (secondary N) is 2. The van der Waals surface area contributed by atoms with E-state index >= 15 is 0 Å². The third-order valence-electron chi connectivity index (χ3n) is 2.16. The normalized spacial score (nSPS) is 11.4. The van der Waals surface area contributed by atoms with Crippen molar-refractivity contribution in [3.05, 3.63) is 34.4 Å². The van der Waals surface area contributed by atoms with E-state index in [1.807, 2.05) is 0 Å². The van der Waals surface area contributed by atoms with Gasteiger partial charge in [-0.25, -0.2) is 0 Å². The van der Waals surface area contributed by atoms with Crippen molar-refractivity contribution in [1.29, 1.82) is 0 Å². The van der Waals surface area contributed by atoms with Crippen LogP contribution in [0.1, 0.15) is 13.8 Å². The molecule has 0 spiro atoms. The molecule has 0 radical (unpaired) electrons. The third kappa shape index (κ3) is 3.85. The lowest BCUT2D eigenvalue weighted by Crippen LogP contribution is -2.40. The fourth-order valence-electron chi connectivity index (χ4n) is 1.29. The van der Waals surface area contributed by atoms with Crippen LogP contribution in [-0.4, -0.2) is 22.8 Å². The molecule has 0 fully saturated rings. The molecule has 2 amide bonds. The van der Waals surface area contributed by atoms with Gasteiger partial charge in [0, 0.05) is 24.7 Å². The van der Waals surface area contributed by atoms with Crippen LogP contribution in [0.15, 0.2) is 24.3 Å². The first kappa shape index (κ1) is 13.6. The highest BCUT2D eigenvalue weighted by molar-refractivity contribution is 5.96. The Hall–Kier alpha value is -2.44. The van der Waals surface area contributed by atoms with Crippen LogP contribution in [0, 0.1) is 10.1 Å². The molecule has 1 aromatic carbocycles. The Morgan fingerprint density at radius 2 is 1.83 bits per heavy atom. The molecule has 0 aliphatic carbocycles. The molecular weight excluding hydrogens is 238 g/mol. The van der Waals surface area contributed by atoms with E-state index in [1.54, 1.807) is 6.92 Å². The van der Waals surface area contributed by atoms with E-state index in [2.05, 4.69) is 10.6 Å². The zero-order chi connectivity index (χ0) is 13.7.